The van der Waals surface area contributed by atoms with Gasteiger partial charge >= 0.3 is 0 Å². The zero-order valence-corrected chi connectivity index (χ0v) is 7.14. The highest BCUT2D eigenvalue weighted by molar-refractivity contribution is 4.99. The second-order valence-electron chi connectivity index (χ2n) is 2.96. The molecule has 72 valence electrons. The van der Waals surface area contributed by atoms with E-state index >= 15 is 0 Å². The van der Waals surface area contributed by atoms with Crippen molar-refractivity contribution in [3.05, 3.63) is 12.2 Å². The highest BCUT2D eigenvalue weighted by atomic mass is 16.5. The monoisotopic (exact) mass is 176 g/mol. The van der Waals surface area contributed by atoms with Crippen LogP contribution in [-0.4, -0.2) is 39.4 Å². The van der Waals surface area contributed by atoms with Crippen LogP contribution in [0.2, 0.25) is 0 Å². The van der Waals surface area contributed by atoms with E-state index in [-0.39, 0.29) is 24.5 Å². The lowest BCUT2D eigenvalue weighted by Gasteiger charge is -2.18. The van der Waals surface area contributed by atoms with E-state index in [2.05, 4.69) is 6.58 Å². The normalized spacial score (nSPS) is 16.2. The summed E-state index contributed by atoms with van der Waals surface area (Å²) in [4.78, 5) is 0. The first-order chi connectivity index (χ1) is 5.49. The van der Waals surface area contributed by atoms with Gasteiger partial charge < -0.3 is 20.4 Å². The Kier molecular flexibility index (Phi) is 5.08. The van der Waals surface area contributed by atoms with Gasteiger partial charge in [0.25, 0.3) is 0 Å². The first-order valence-electron chi connectivity index (χ1n) is 3.81. The summed E-state index contributed by atoms with van der Waals surface area (Å²) < 4.78 is 0. The average molecular weight is 176 g/mol. The summed E-state index contributed by atoms with van der Waals surface area (Å²) in [6.45, 7) is 4.91. The van der Waals surface area contributed by atoms with Crippen molar-refractivity contribution in [1.82, 2.24) is 0 Å². The predicted octanol–water partition coefficient (Wildman–Crippen LogP) is -0.767. The van der Waals surface area contributed by atoms with Crippen LogP contribution in [0.1, 0.15) is 13.3 Å². The summed E-state index contributed by atoms with van der Waals surface area (Å²) in [7, 11) is 0. The molecule has 0 aliphatic heterocycles. The van der Waals surface area contributed by atoms with Crippen molar-refractivity contribution in [1.29, 1.82) is 0 Å². The van der Waals surface area contributed by atoms with Crippen LogP contribution in [0.25, 0.3) is 0 Å². The van der Waals surface area contributed by atoms with Crippen LogP contribution < -0.4 is 0 Å². The van der Waals surface area contributed by atoms with Crippen LogP contribution in [0, 0.1) is 5.92 Å². The van der Waals surface area contributed by atoms with E-state index in [9.17, 15) is 5.11 Å². The quantitative estimate of drug-likeness (QED) is 0.327. The smallest absolute Gasteiger partial charge is 0.174 e. The minimum Gasteiger partial charge on any atom is -0.396 e. The largest absolute Gasteiger partial charge is 0.396 e. The van der Waals surface area contributed by atoms with Crippen LogP contribution in [-0.2, 0) is 0 Å². The first kappa shape index (κ1) is 11.6. The number of hydrogen-bond acceptors (Lipinski definition) is 4. The molecule has 0 aromatic carbocycles. The van der Waals surface area contributed by atoms with E-state index in [1.54, 1.807) is 6.92 Å². The Morgan fingerprint density at radius 3 is 2.17 bits per heavy atom. The summed E-state index contributed by atoms with van der Waals surface area (Å²) in [5, 5.41) is 35.1. The van der Waals surface area contributed by atoms with Crippen molar-refractivity contribution in [2.75, 3.05) is 6.61 Å². The Bertz CT molecular complexity index is 144. The van der Waals surface area contributed by atoms with E-state index in [1.165, 1.54) is 0 Å². The molecule has 0 radical (unpaired) electrons. The summed E-state index contributed by atoms with van der Waals surface area (Å²) in [5.74, 6) is -0.277. The molecule has 4 heteroatoms. The highest BCUT2D eigenvalue weighted by Crippen LogP contribution is 2.12. The van der Waals surface area contributed by atoms with Gasteiger partial charge in [-0.2, -0.15) is 0 Å². The molecule has 12 heavy (non-hydrogen) atoms. The van der Waals surface area contributed by atoms with Gasteiger partial charge in [0, 0.05) is 12.5 Å². The average Bonchev–Trinajstić information content (AvgIpc) is 2.02. The van der Waals surface area contributed by atoms with Crippen molar-refractivity contribution in [2.45, 2.75) is 25.7 Å². The van der Waals surface area contributed by atoms with Crippen LogP contribution >= 0.6 is 0 Å². The molecule has 0 aliphatic carbocycles. The Morgan fingerprint density at radius 1 is 1.33 bits per heavy atom. The van der Waals surface area contributed by atoms with Crippen molar-refractivity contribution >= 4 is 0 Å². The number of hydrogen-bond donors (Lipinski definition) is 4. The van der Waals surface area contributed by atoms with Gasteiger partial charge in [-0.1, -0.05) is 13.5 Å². The predicted molar refractivity (Wildman–Crippen MR) is 44.2 cm³/mol. The van der Waals surface area contributed by atoms with Crippen molar-refractivity contribution < 1.29 is 20.4 Å². The minimum absolute atomic E-state index is 0.0966. The molecule has 0 saturated carbocycles. The molecule has 0 fully saturated rings. The van der Waals surface area contributed by atoms with E-state index in [4.69, 9.17) is 15.3 Å². The van der Waals surface area contributed by atoms with E-state index in [0.29, 0.717) is 0 Å². The van der Waals surface area contributed by atoms with Gasteiger partial charge in [-0.25, -0.2) is 0 Å². The molecule has 0 aliphatic rings. The summed E-state index contributed by atoms with van der Waals surface area (Å²) in [6, 6.07) is 0. The van der Waals surface area contributed by atoms with Gasteiger partial charge in [-0.15, -0.1) is 0 Å². The lowest BCUT2D eigenvalue weighted by Crippen LogP contribution is -2.23. The molecular formula is C8H16O4. The number of rotatable bonds is 5. The maximum Gasteiger partial charge on any atom is 0.174 e. The molecule has 0 saturated heterocycles. The topological polar surface area (TPSA) is 80.9 Å². The fourth-order valence-electron chi connectivity index (χ4n) is 0.697. The molecule has 0 amide bonds. The third-order valence-corrected chi connectivity index (χ3v) is 1.78. The Morgan fingerprint density at radius 2 is 1.83 bits per heavy atom. The number of aliphatic hydroxyl groups excluding tert-OH is 3. The molecule has 4 N–H and O–H groups in total. The van der Waals surface area contributed by atoms with Crippen LogP contribution in [0.5, 0.6) is 0 Å². The summed E-state index contributed by atoms with van der Waals surface area (Å²) in [6.07, 6.45) is -2.27. The zero-order valence-electron chi connectivity index (χ0n) is 7.14. The minimum atomic E-state index is -1.59. The van der Waals surface area contributed by atoms with Gasteiger partial charge in [-0.05, 0) is 12.0 Å². The highest BCUT2D eigenvalue weighted by Gasteiger charge is 2.16. The Labute approximate surface area is 71.8 Å². The second-order valence-corrected chi connectivity index (χ2v) is 2.96. The van der Waals surface area contributed by atoms with Gasteiger partial charge in [0.2, 0.25) is 0 Å². The fourth-order valence-corrected chi connectivity index (χ4v) is 0.697. The molecule has 0 rings (SSSR count). The van der Waals surface area contributed by atoms with Crippen LogP contribution in [0.4, 0.5) is 0 Å². The molecule has 0 heterocycles. The van der Waals surface area contributed by atoms with Gasteiger partial charge in [0.15, 0.2) is 6.29 Å². The SMILES string of the molecule is C=C(CC(O)C(C)CO)C(O)O. The fraction of sp³-hybridized carbons (Fsp3) is 0.750. The Hall–Kier alpha value is -0.420. The lowest BCUT2D eigenvalue weighted by molar-refractivity contribution is -0.0181. The molecule has 0 aromatic heterocycles. The maximum absolute atomic E-state index is 9.29. The molecular weight excluding hydrogens is 160 g/mol. The second kappa shape index (κ2) is 5.27. The number of aliphatic hydroxyl groups is 4. The molecule has 0 spiro atoms. The van der Waals surface area contributed by atoms with E-state index in [1.807, 2.05) is 0 Å². The van der Waals surface area contributed by atoms with Gasteiger partial charge in [0.1, 0.15) is 0 Å². The van der Waals surface area contributed by atoms with Crippen molar-refractivity contribution in [3.63, 3.8) is 0 Å². The van der Waals surface area contributed by atoms with E-state index in [0.717, 1.165) is 0 Å². The summed E-state index contributed by atoms with van der Waals surface area (Å²) in [5.41, 5.74) is 0.155. The lowest BCUT2D eigenvalue weighted by atomic mass is 9.99. The first-order valence-corrected chi connectivity index (χ1v) is 3.81. The molecule has 2 unspecified atom stereocenters. The third kappa shape index (κ3) is 3.82. The van der Waals surface area contributed by atoms with E-state index < -0.39 is 12.4 Å². The van der Waals surface area contributed by atoms with Crippen LogP contribution in [0.3, 0.4) is 0 Å². The molecule has 0 bridgehead atoms. The third-order valence-electron chi connectivity index (χ3n) is 1.78. The molecule has 2 atom stereocenters. The standard InChI is InChI=1S/C8H16O4/c1-5(8(11)12)3-7(10)6(2)4-9/h6-12H,1,3-4H2,2H3. The maximum atomic E-state index is 9.29. The molecule has 0 aromatic rings. The van der Waals surface area contributed by atoms with Crippen LogP contribution in [0.15, 0.2) is 12.2 Å². The van der Waals surface area contributed by atoms with Crippen molar-refractivity contribution in [2.24, 2.45) is 5.92 Å². The summed E-state index contributed by atoms with van der Waals surface area (Å²) >= 11 is 0. The Balaban J connectivity index is 3.83. The van der Waals surface area contributed by atoms with Crippen molar-refractivity contribution in [3.8, 4) is 0 Å². The molecule has 4 nitrogen and oxygen atoms in total. The zero-order chi connectivity index (χ0) is 9.72. The van der Waals surface area contributed by atoms with Gasteiger partial charge in [0.05, 0.1) is 6.10 Å². The van der Waals surface area contributed by atoms with Gasteiger partial charge in [-0.3, -0.25) is 0 Å².